The fraction of sp³-hybridized carbons (Fsp3) is 0.500. The first-order valence-electron chi connectivity index (χ1n) is 8.48. The molecule has 2 N–H and O–H groups in total. The normalized spacial score (nSPS) is 15.8. The van der Waals surface area contributed by atoms with Crippen molar-refractivity contribution < 1.29 is 4.42 Å². The molecule has 2 aromatic rings. The summed E-state index contributed by atoms with van der Waals surface area (Å²) in [6.45, 7) is 1.56. The van der Waals surface area contributed by atoms with Crippen LogP contribution in [0.15, 0.2) is 44.6 Å². The Kier molecular flexibility index (Phi) is 8.66. The SMILES string of the molecule is I.c1coc(CCNC(=NCc2ccsc2)NC2CCCCC2)c1. The second-order valence-corrected chi connectivity index (χ2v) is 6.81. The fourth-order valence-corrected chi connectivity index (χ4v) is 3.56. The van der Waals surface area contributed by atoms with Crippen LogP contribution in [0.4, 0.5) is 0 Å². The summed E-state index contributed by atoms with van der Waals surface area (Å²) in [5, 5.41) is 11.3. The summed E-state index contributed by atoms with van der Waals surface area (Å²) in [4.78, 5) is 4.75. The number of aliphatic imine (C=N–C) groups is 1. The minimum absolute atomic E-state index is 0. The molecule has 1 fully saturated rings. The van der Waals surface area contributed by atoms with Gasteiger partial charge in [0.25, 0.3) is 0 Å². The highest BCUT2D eigenvalue weighted by Crippen LogP contribution is 2.17. The summed E-state index contributed by atoms with van der Waals surface area (Å²) in [5.74, 6) is 1.93. The van der Waals surface area contributed by atoms with Crippen LogP contribution in [0.5, 0.6) is 0 Å². The monoisotopic (exact) mass is 459 g/mol. The van der Waals surface area contributed by atoms with E-state index in [1.54, 1.807) is 17.6 Å². The molecule has 132 valence electrons. The van der Waals surface area contributed by atoms with E-state index in [2.05, 4.69) is 27.5 Å². The molecule has 0 aromatic carbocycles. The molecule has 0 atom stereocenters. The minimum atomic E-state index is 0. The van der Waals surface area contributed by atoms with E-state index in [0.29, 0.717) is 6.04 Å². The lowest BCUT2D eigenvalue weighted by Gasteiger charge is -2.25. The summed E-state index contributed by atoms with van der Waals surface area (Å²) in [5.41, 5.74) is 1.27. The third-order valence-corrected chi connectivity index (χ3v) is 4.92. The van der Waals surface area contributed by atoms with Crippen molar-refractivity contribution in [2.75, 3.05) is 6.54 Å². The van der Waals surface area contributed by atoms with Gasteiger partial charge in [-0.1, -0.05) is 19.3 Å². The van der Waals surface area contributed by atoms with Crippen molar-refractivity contribution in [2.45, 2.75) is 51.1 Å². The number of hydrogen-bond acceptors (Lipinski definition) is 3. The smallest absolute Gasteiger partial charge is 0.191 e. The molecule has 2 aromatic heterocycles. The zero-order valence-corrected chi connectivity index (χ0v) is 17.0. The van der Waals surface area contributed by atoms with E-state index in [-0.39, 0.29) is 24.0 Å². The van der Waals surface area contributed by atoms with Crippen LogP contribution in [0.25, 0.3) is 0 Å². The van der Waals surface area contributed by atoms with Gasteiger partial charge in [0.1, 0.15) is 5.76 Å². The van der Waals surface area contributed by atoms with Gasteiger partial charge in [-0.3, -0.25) is 0 Å². The Balaban J connectivity index is 0.00000208. The first-order valence-corrected chi connectivity index (χ1v) is 9.43. The van der Waals surface area contributed by atoms with Gasteiger partial charge in [0, 0.05) is 19.0 Å². The maximum absolute atomic E-state index is 5.39. The van der Waals surface area contributed by atoms with Gasteiger partial charge in [0.2, 0.25) is 0 Å². The zero-order valence-electron chi connectivity index (χ0n) is 13.9. The summed E-state index contributed by atoms with van der Waals surface area (Å²) < 4.78 is 5.39. The maximum Gasteiger partial charge on any atom is 0.191 e. The number of guanidine groups is 1. The van der Waals surface area contributed by atoms with Crippen LogP contribution < -0.4 is 10.6 Å². The Morgan fingerprint density at radius 1 is 1.25 bits per heavy atom. The third kappa shape index (κ3) is 6.47. The molecule has 0 aliphatic heterocycles. The highest BCUT2D eigenvalue weighted by atomic mass is 127. The van der Waals surface area contributed by atoms with Crippen LogP contribution in [0, 0.1) is 0 Å². The summed E-state index contributed by atoms with van der Waals surface area (Å²) in [6.07, 6.45) is 9.10. The third-order valence-electron chi connectivity index (χ3n) is 4.19. The number of halogens is 1. The van der Waals surface area contributed by atoms with Gasteiger partial charge in [-0.2, -0.15) is 11.3 Å². The van der Waals surface area contributed by atoms with Crippen molar-refractivity contribution in [3.63, 3.8) is 0 Å². The van der Waals surface area contributed by atoms with Crippen molar-refractivity contribution in [2.24, 2.45) is 4.99 Å². The lowest BCUT2D eigenvalue weighted by atomic mass is 9.96. The Bertz CT molecular complexity index is 577. The lowest BCUT2D eigenvalue weighted by molar-refractivity contribution is 0.409. The number of rotatable bonds is 6. The maximum atomic E-state index is 5.39. The number of thiophene rings is 1. The molecule has 1 aliphatic carbocycles. The van der Waals surface area contributed by atoms with Crippen LogP contribution in [0.3, 0.4) is 0 Å². The van der Waals surface area contributed by atoms with E-state index in [0.717, 1.165) is 31.2 Å². The topological polar surface area (TPSA) is 49.6 Å². The first-order chi connectivity index (χ1) is 11.4. The van der Waals surface area contributed by atoms with Gasteiger partial charge >= 0.3 is 0 Å². The van der Waals surface area contributed by atoms with Gasteiger partial charge in [0.15, 0.2) is 5.96 Å². The van der Waals surface area contributed by atoms with Crippen molar-refractivity contribution in [3.05, 3.63) is 46.5 Å². The number of furan rings is 1. The molecule has 4 nitrogen and oxygen atoms in total. The average Bonchev–Trinajstić information content (AvgIpc) is 3.27. The molecule has 2 heterocycles. The molecule has 24 heavy (non-hydrogen) atoms. The van der Waals surface area contributed by atoms with E-state index in [1.807, 2.05) is 12.1 Å². The Hall–Kier alpha value is -1.02. The zero-order chi connectivity index (χ0) is 15.7. The summed E-state index contributed by atoms with van der Waals surface area (Å²) in [6, 6.07) is 6.63. The molecule has 1 saturated carbocycles. The van der Waals surface area contributed by atoms with Crippen LogP contribution >= 0.6 is 35.3 Å². The van der Waals surface area contributed by atoms with Crippen molar-refractivity contribution >= 4 is 41.3 Å². The Morgan fingerprint density at radius 2 is 2.12 bits per heavy atom. The van der Waals surface area contributed by atoms with Crippen molar-refractivity contribution in [3.8, 4) is 0 Å². The standard InChI is InChI=1S/C18H25N3OS.HI/c1-2-5-16(6-3-1)21-18(20-13-15-9-12-23-14-15)19-10-8-17-7-4-11-22-17;/h4,7,9,11-12,14,16H,1-3,5-6,8,10,13H2,(H2,19,20,21);1H. The molecule has 0 radical (unpaired) electrons. The quantitative estimate of drug-likeness (QED) is 0.378. The summed E-state index contributed by atoms with van der Waals surface area (Å²) in [7, 11) is 0. The van der Waals surface area contributed by atoms with Crippen LogP contribution in [0.2, 0.25) is 0 Å². The second kappa shape index (κ2) is 10.8. The Morgan fingerprint density at radius 3 is 2.83 bits per heavy atom. The minimum Gasteiger partial charge on any atom is -0.469 e. The highest BCUT2D eigenvalue weighted by Gasteiger charge is 2.14. The largest absolute Gasteiger partial charge is 0.469 e. The molecule has 6 heteroatoms. The second-order valence-electron chi connectivity index (χ2n) is 6.03. The molecular weight excluding hydrogens is 433 g/mol. The van der Waals surface area contributed by atoms with Gasteiger partial charge in [-0.25, -0.2) is 4.99 Å². The van der Waals surface area contributed by atoms with E-state index >= 15 is 0 Å². The predicted octanol–water partition coefficient (Wildman–Crippen LogP) is 4.57. The lowest BCUT2D eigenvalue weighted by Crippen LogP contribution is -2.44. The van der Waals surface area contributed by atoms with Crippen molar-refractivity contribution in [1.82, 2.24) is 10.6 Å². The van der Waals surface area contributed by atoms with Crippen LogP contribution in [-0.4, -0.2) is 18.5 Å². The van der Waals surface area contributed by atoms with E-state index < -0.39 is 0 Å². The van der Waals surface area contributed by atoms with Gasteiger partial charge in [-0.05, 0) is 47.4 Å². The predicted molar refractivity (Wildman–Crippen MR) is 111 cm³/mol. The van der Waals surface area contributed by atoms with E-state index in [1.165, 1.54) is 37.7 Å². The average molecular weight is 459 g/mol. The molecule has 0 spiro atoms. The molecule has 0 unspecified atom stereocenters. The molecule has 3 rings (SSSR count). The van der Waals surface area contributed by atoms with Crippen LogP contribution in [0.1, 0.15) is 43.4 Å². The van der Waals surface area contributed by atoms with E-state index in [9.17, 15) is 0 Å². The summed E-state index contributed by atoms with van der Waals surface area (Å²) >= 11 is 1.72. The molecule has 0 amide bonds. The first kappa shape index (κ1) is 19.3. The number of nitrogens with one attached hydrogen (secondary N) is 2. The number of nitrogens with zero attached hydrogens (tertiary/aromatic N) is 1. The molecule has 1 aliphatic rings. The van der Waals surface area contributed by atoms with Crippen LogP contribution in [-0.2, 0) is 13.0 Å². The molecule has 0 saturated heterocycles. The van der Waals surface area contributed by atoms with Gasteiger partial charge in [0.05, 0.1) is 12.8 Å². The van der Waals surface area contributed by atoms with Gasteiger partial charge in [-0.15, -0.1) is 24.0 Å². The Labute approximate surface area is 165 Å². The highest BCUT2D eigenvalue weighted by molar-refractivity contribution is 14.0. The van der Waals surface area contributed by atoms with Gasteiger partial charge < -0.3 is 15.1 Å². The molecular formula is C18H26IN3OS. The van der Waals surface area contributed by atoms with Crippen molar-refractivity contribution in [1.29, 1.82) is 0 Å². The molecule has 0 bridgehead atoms. The van der Waals surface area contributed by atoms with E-state index in [4.69, 9.17) is 9.41 Å². The number of hydrogen-bond donors (Lipinski definition) is 2. The fourth-order valence-electron chi connectivity index (χ4n) is 2.90.